The van der Waals surface area contributed by atoms with Crippen LogP contribution in [0.3, 0.4) is 0 Å². The lowest BCUT2D eigenvalue weighted by atomic mass is 10.0. The van der Waals surface area contributed by atoms with Crippen LogP contribution in [0.1, 0.15) is 18.9 Å². The van der Waals surface area contributed by atoms with Gasteiger partial charge in [-0.05, 0) is 29.0 Å². The predicted molar refractivity (Wildman–Crippen MR) is 101 cm³/mol. The molecule has 1 aliphatic rings. The van der Waals surface area contributed by atoms with Gasteiger partial charge in [0.05, 0.1) is 5.56 Å². The Hall–Kier alpha value is -2.22. The number of sulfonamides is 1. The van der Waals surface area contributed by atoms with Crippen LogP contribution in [0.25, 0.3) is 11.4 Å². The summed E-state index contributed by atoms with van der Waals surface area (Å²) < 4.78 is 53.0. The zero-order valence-corrected chi connectivity index (χ0v) is 16.7. The Morgan fingerprint density at radius 2 is 1.97 bits per heavy atom. The van der Waals surface area contributed by atoms with E-state index in [1.165, 1.54) is 6.07 Å². The Morgan fingerprint density at radius 1 is 1.28 bits per heavy atom. The van der Waals surface area contributed by atoms with E-state index >= 15 is 0 Å². The highest BCUT2D eigenvalue weighted by molar-refractivity contribution is 7.89. The molecule has 160 valence electrons. The lowest BCUT2D eigenvalue weighted by Crippen LogP contribution is -2.47. The van der Waals surface area contributed by atoms with Crippen molar-refractivity contribution in [3.05, 3.63) is 17.7 Å². The number of piperazine rings is 1. The third-order valence-electron chi connectivity index (χ3n) is 4.82. The molecule has 0 radical (unpaired) electrons. The van der Waals surface area contributed by atoms with Gasteiger partial charge in [-0.15, -0.1) is 5.10 Å². The highest BCUT2D eigenvalue weighted by Crippen LogP contribution is 2.42. The van der Waals surface area contributed by atoms with Crippen LogP contribution in [0, 0.1) is 0 Å². The molecule has 4 N–H and O–H groups in total. The Morgan fingerprint density at radius 3 is 2.48 bits per heavy atom. The number of tetrazole rings is 1. The zero-order chi connectivity index (χ0) is 21.2. The standard InChI is InChI=1S/C16H23F2N7O3S/c1-16(17,18)11-3-4-12(25-8-6-24(7-9-25)5-2-10-26)13(14(11)29(19,27)28)15-20-22-23-21-15/h3-4,26H,2,5-10H2,1H3,(H2,19,27,28)(H,20,21,22,23). The van der Waals surface area contributed by atoms with Gasteiger partial charge in [0.15, 0.2) is 5.82 Å². The zero-order valence-electron chi connectivity index (χ0n) is 15.8. The number of hydrogen-bond donors (Lipinski definition) is 3. The van der Waals surface area contributed by atoms with Crippen LogP contribution in [0.5, 0.6) is 0 Å². The summed E-state index contributed by atoms with van der Waals surface area (Å²) in [5.74, 6) is -3.50. The molecule has 0 aliphatic carbocycles. The van der Waals surface area contributed by atoms with E-state index in [9.17, 15) is 17.2 Å². The maximum Gasteiger partial charge on any atom is 0.271 e. The van der Waals surface area contributed by atoms with Gasteiger partial charge in [0, 0.05) is 57.5 Å². The minimum Gasteiger partial charge on any atom is -0.396 e. The lowest BCUT2D eigenvalue weighted by Gasteiger charge is -2.37. The van der Waals surface area contributed by atoms with E-state index in [-0.39, 0.29) is 18.0 Å². The van der Waals surface area contributed by atoms with Gasteiger partial charge in [-0.3, -0.25) is 4.90 Å². The first-order valence-corrected chi connectivity index (χ1v) is 10.6. The van der Waals surface area contributed by atoms with Crippen molar-refractivity contribution in [1.29, 1.82) is 0 Å². The summed E-state index contributed by atoms with van der Waals surface area (Å²) in [5, 5.41) is 27.4. The first-order valence-electron chi connectivity index (χ1n) is 9.03. The van der Waals surface area contributed by atoms with Crippen LogP contribution < -0.4 is 10.0 Å². The molecule has 1 saturated heterocycles. The second-order valence-corrected chi connectivity index (χ2v) is 8.42. The molecule has 0 amide bonds. The Labute approximate surface area is 166 Å². The Kier molecular flexibility index (Phi) is 6.12. The molecule has 2 aromatic rings. The normalized spacial score (nSPS) is 16.4. The summed E-state index contributed by atoms with van der Waals surface area (Å²) >= 11 is 0. The SMILES string of the molecule is CC(F)(F)c1ccc(N2CCN(CCCO)CC2)c(-c2nnn[nH]2)c1S(N)(=O)=O. The van der Waals surface area contributed by atoms with E-state index in [1.807, 2.05) is 4.90 Å². The van der Waals surface area contributed by atoms with E-state index in [1.54, 1.807) is 0 Å². The average Bonchev–Trinajstić information content (AvgIpc) is 3.18. The van der Waals surface area contributed by atoms with E-state index in [4.69, 9.17) is 10.2 Å². The van der Waals surface area contributed by atoms with Gasteiger partial charge in [-0.25, -0.2) is 27.4 Å². The fraction of sp³-hybridized carbons (Fsp3) is 0.562. The number of rotatable bonds is 7. The fourth-order valence-corrected chi connectivity index (χ4v) is 4.52. The highest BCUT2D eigenvalue weighted by Gasteiger charge is 2.36. The number of aromatic nitrogens is 4. The number of H-pyrrole nitrogens is 1. The van der Waals surface area contributed by atoms with Gasteiger partial charge in [-0.1, -0.05) is 0 Å². The van der Waals surface area contributed by atoms with E-state index in [0.717, 1.165) is 12.6 Å². The van der Waals surface area contributed by atoms with E-state index < -0.39 is 26.4 Å². The summed E-state index contributed by atoms with van der Waals surface area (Å²) in [5.41, 5.74) is -0.376. The number of halogens is 2. The average molecular weight is 431 g/mol. The molecule has 0 spiro atoms. The van der Waals surface area contributed by atoms with Crippen molar-refractivity contribution in [1.82, 2.24) is 25.5 Å². The molecule has 3 rings (SSSR count). The van der Waals surface area contributed by atoms with Crippen molar-refractivity contribution in [2.45, 2.75) is 24.2 Å². The minimum absolute atomic E-state index is 0.0576. The van der Waals surface area contributed by atoms with Crippen molar-refractivity contribution < 1.29 is 22.3 Å². The van der Waals surface area contributed by atoms with Gasteiger partial charge < -0.3 is 10.0 Å². The molecular weight excluding hydrogens is 408 g/mol. The molecule has 13 heteroatoms. The molecule has 10 nitrogen and oxygen atoms in total. The third kappa shape index (κ3) is 4.69. The first kappa shape index (κ1) is 21.5. The molecule has 2 heterocycles. The largest absolute Gasteiger partial charge is 0.396 e. The molecule has 29 heavy (non-hydrogen) atoms. The molecule has 1 aromatic heterocycles. The first-order chi connectivity index (χ1) is 13.6. The maximum absolute atomic E-state index is 14.2. The minimum atomic E-state index is -4.52. The summed E-state index contributed by atoms with van der Waals surface area (Å²) in [7, 11) is -4.52. The van der Waals surface area contributed by atoms with Crippen molar-refractivity contribution >= 4 is 15.7 Å². The van der Waals surface area contributed by atoms with Crippen molar-refractivity contribution in [2.24, 2.45) is 5.14 Å². The van der Waals surface area contributed by atoms with Crippen LogP contribution in [0.15, 0.2) is 17.0 Å². The monoisotopic (exact) mass is 431 g/mol. The number of aliphatic hydroxyl groups is 1. The maximum atomic E-state index is 14.2. The molecule has 0 unspecified atom stereocenters. The van der Waals surface area contributed by atoms with E-state index in [2.05, 4.69) is 25.5 Å². The molecule has 1 fully saturated rings. The van der Waals surface area contributed by atoms with Crippen LogP contribution >= 0.6 is 0 Å². The van der Waals surface area contributed by atoms with Crippen molar-refractivity contribution in [3.63, 3.8) is 0 Å². The Balaban J connectivity index is 2.09. The predicted octanol–water partition coefficient (Wildman–Crippen LogP) is 0.130. The lowest BCUT2D eigenvalue weighted by molar-refractivity contribution is 0.0145. The van der Waals surface area contributed by atoms with Crippen LogP contribution in [-0.4, -0.2) is 78.4 Å². The number of benzene rings is 1. The van der Waals surface area contributed by atoms with Crippen LogP contribution in [0.2, 0.25) is 0 Å². The topological polar surface area (TPSA) is 141 Å². The summed E-state index contributed by atoms with van der Waals surface area (Å²) in [4.78, 5) is 3.36. The van der Waals surface area contributed by atoms with Gasteiger partial charge in [0.2, 0.25) is 10.0 Å². The third-order valence-corrected chi connectivity index (χ3v) is 5.81. The molecule has 1 aliphatic heterocycles. The fourth-order valence-electron chi connectivity index (χ4n) is 3.48. The van der Waals surface area contributed by atoms with Crippen LogP contribution in [-0.2, 0) is 15.9 Å². The highest BCUT2D eigenvalue weighted by atomic mass is 32.2. The molecule has 0 saturated carbocycles. The van der Waals surface area contributed by atoms with Gasteiger partial charge in [0.1, 0.15) is 4.90 Å². The van der Waals surface area contributed by atoms with Gasteiger partial charge in [-0.2, -0.15) is 0 Å². The number of alkyl halides is 2. The number of aromatic amines is 1. The summed E-state index contributed by atoms with van der Waals surface area (Å²) in [6.07, 6.45) is 0.658. The Bertz CT molecular complexity index is 940. The molecule has 0 atom stereocenters. The molecule has 1 aromatic carbocycles. The smallest absolute Gasteiger partial charge is 0.271 e. The van der Waals surface area contributed by atoms with Crippen LogP contribution in [0.4, 0.5) is 14.5 Å². The van der Waals surface area contributed by atoms with Crippen molar-refractivity contribution in [3.8, 4) is 11.4 Å². The quantitative estimate of drug-likeness (QED) is 0.562. The van der Waals surface area contributed by atoms with Gasteiger partial charge in [0.25, 0.3) is 5.92 Å². The number of anilines is 1. The summed E-state index contributed by atoms with van der Waals surface area (Å²) in [6, 6.07) is 2.53. The number of aliphatic hydroxyl groups excluding tert-OH is 1. The number of nitrogens with two attached hydrogens (primary N) is 1. The number of primary sulfonamides is 1. The number of hydrogen-bond acceptors (Lipinski definition) is 8. The number of nitrogens with one attached hydrogen (secondary N) is 1. The second kappa shape index (κ2) is 8.26. The van der Waals surface area contributed by atoms with E-state index in [0.29, 0.717) is 45.2 Å². The van der Waals surface area contributed by atoms with Crippen molar-refractivity contribution in [2.75, 3.05) is 44.2 Å². The number of nitrogens with zero attached hydrogens (tertiary/aromatic N) is 5. The van der Waals surface area contributed by atoms with Gasteiger partial charge >= 0.3 is 0 Å². The second-order valence-electron chi connectivity index (χ2n) is 6.93. The molecular formula is C16H23F2N7O3S. The molecule has 0 bridgehead atoms. The summed E-state index contributed by atoms with van der Waals surface area (Å²) in [6.45, 7) is 3.87.